The Hall–Kier alpha value is -4.09. The van der Waals surface area contributed by atoms with Crippen LogP contribution in [0.5, 0.6) is 0 Å². The minimum atomic E-state index is -1.80. The lowest BCUT2D eigenvalue weighted by Gasteiger charge is -2.49. The number of thioether (sulfide) groups is 1. The molecule has 0 radical (unpaired) electrons. The van der Waals surface area contributed by atoms with Crippen molar-refractivity contribution < 1.29 is 43.0 Å². The topological polar surface area (TPSA) is 205 Å². The lowest BCUT2D eigenvalue weighted by Crippen LogP contribution is -2.74. The van der Waals surface area contributed by atoms with Crippen molar-refractivity contribution in [3.63, 3.8) is 0 Å². The Morgan fingerprint density at radius 2 is 2.14 bits per heavy atom. The summed E-state index contributed by atoms with van der Waals surface area (Å²) in [6, 6.07) is 4.20. The minimum Gasteiger partial charge on any atom is -0.478 e. The molecular formula is C25H27N6O8S3+. The molecule has 2 aromatic heterocycles. The molecule has 1 fully saturated rings. The largest absolute Gasteiger partial charge is 0.478 e. The Balaban J connectivity index is 1.57. The van der Waals surface area contributed by atoms with E-state index >= 15 is 0 Å². The van der Waals surface area contributed by atoms with E-state index in [1.165, 1.54) is 31.0 Å². The number of rotatable bonds is 12. The smallest absolute Gasteiger partial charge is 0.352 e. The van der Waals surface area contributed by atoms with Crippen molar-refractivity contribution in [1.82, 2.24) is 15.2 Å². The number of aliphatic carboxylic acids is 2. The third-order valence-corrected chi connectivity index (χ3v) is 9.66. The Labute approximate surface area is 250 Å². The number of carboxylic acids is 2. The number of amides is 2. The van der Waals surface area contributed by atoms with E-state index in [1.54, 1.807) is 6.08 Å². The molecular weight excluding hydrogens is 609 g/mol. The average molecular weight is 636 g/mol. The third kappa shape index (κ3) is 6.22. The van der Waals surface area contributed by atoms with Crippen LogP contribution < -0.4 is 15.6 Å². The molecule has 2 aromatic rings. The number of aromatic nitrogens is 2. The highest BCUT2D eigenvalue weighted by molar-refractivity contribution is 7.99. The first kappa shape index (κ1) is 30.9. The number of nitrogens with zero attached hydrogens (tertiary/aromatic N) is 4. The number of nitrogens with two attached hydrogens (primary N) is 1. The lowest BCUT2D eigenvalue weighted by molar-refractivity contribution is -0.723. The quantitative estimate of drug-likeness (QED) is 0.0624. The standard InChI is InChI=1S/C25H26N6O8S3/c1-4-8-30-9-6-5-7-15(30)40-10-13-12-42(38)21-17(20(33)31(21)18(13)22(34)35)28-19(32)16(14-11-41-24(26)27-14)29-39-25(2,3)23(36)37/h4-7,9,11,17,21H,1,8,10,12H2,2-3H3,(H4-,26,27,28,32,34,35,36,37)/p+1/b29-16-. The number of anilines is 1. The zero-order chi connectivity index (χ0) is 30.8. The van der Waals surface area contributed by atoms with E-state index in [-0.39, 0.29) is 28.0 Å². The summed E-state index contributed by atoms with van der Waals surface area (Å²) in [5.41, 5.74) is 3.41. The number of thiazole rings is 1. The highest BCUT2D eigenvalue weighted by Crippen LogP contribution is 2.36. The number of fused-ring (bicyclic) bond motifs is 1. The Morgan fingerprint density at radius 3 is 2.76 bits per heavy atom. The number of carbonyl (C=O) groups is 4. The van der Waals surface area contributed by atoms with E-state index in [0.717, 1.165) is 21.3 Å². The second kappa shape index (κ2) is 12.4. The number of hydrogen-bond acceptors (Lipinski definition) is 11. The molecule has 0 aliphatic carbocycles. The number of nitrogen functional groups attached to an aromatic ring is 1. The van der Waals surface area contributed by atoms with Crippen molar-refractivity contribution >= 4 is 68.5 Å². The SMILES string of the molecule is C=CC[n+]1ccccc1SCC1=C(C(=O)O)N2C(=O)C(NC(=O)/C(=N\OC(C)(C)C(=O)O)c3csc(N)n3)C2S(=O)C1. The molecule has 222 valence electrons. The Kier molecular flexibility index (Phi) is 9.12. The van der Waals surface area contributed by atoms with E-state index in [0.29, 0.717) is 12.1 Å². The number of pyridine rings is 1. The molecule has 0 aromatic carbocycles. The summed E-state index contributed by atoms with van der Waals surface area (Å²) in [5, 5.41) is 26.6. The predicted molar refractivity (Wildman–Crippen MR) is 154 cm³/mol. The van der Waals surface area contributed by atoms with Gasteiger partial charge in [0.1, 0.15) is 22.8 Å². The van der Waals surface area contributed by atoms with E-state index in [2.05, 4.69) is 22.0 Å². The van der Waals surface area contributed by atoms with Crippen LogP contribution in [0.25, 0.3) is 0 Å². The third-order valence-electron chi connectivity index (χ3n) is 6.17. The van der Waals surface area contributed by atoms with Gasteiger partial charge in [-0.2, -0.15) is 4.57 Å². The Morgan fingerprint density at radius 1 is 1.40 bits per heavy atom. The van der Waals surface area contributed by atoms with Crippen LogP contribution in [0.3, 0.4) is 0 Å². The zero-order valence-electron chi connectivity index (χ0n) is 22.4. The van der Waals surface area contributed by atoms with Crippen molar-refractivity contribution in [1.29, 1.82) is 0 Å². The summed E-state index contributed by atoms with van der Waals surface area (Å²) in [5.74, 6) is -4.41. The molecule has 2 aliphatic rings. The maximum Gasteiger partial charge on any atom is 0.352 e. The van der Waals surface area contributed by atoms with Crippen LogP contribution >= 0.6 is 23.1 Å². The van der Waals surface area contributed by atoms with Crippen LogP contribution in [0.2, 0.25) is 0 Å². The monoisotopic (exact) mass is 635 g/mol. The van der Waals surface area contributed by atoms with Gasteiger partial charge in [-0.1, -0.05) is 23.5 Å². The van der Waals surface area contributed by atoms with Gasteiger partial charge in [0.25, 0.3) is 11.8 Å². The van der Waals surface area contributed by atoms with Gasteiger partial charge in [0.15, 0.2) is 23.6 Å². The van der Waals surface area contributed by atoms with Crippen LogP contribution in [-0.2, 0) is 41.4 Å². The van der Waals surface area contributed by atoms with Gasteiger partial charge in [-0.3, -0.25) is 18.7 Å². The van der Waals surface area contributed by atoms with Crippen molar-refractivity contribution in [2.24, 2.45) is 5.16 Å². The molecule has 0 saturated carbocycles. The molecule has 0 spiro atoms. The van der Waals surface area contributed by atoms with Gasteiger partial charge in [-0.15, -0.1) is 11.3 Å². The van der Waals surface area contributed by atoms with Gasteiger partial charge in [-0.25, -0.2) is 14.6 Å². The second-order valence-corrected chi connectivity index (χ2v) is 12.9. The molecule has 4 rings (SSSR count). The fourth-order valence-electron chi connectivity index (χ4n) is 4.02. The minimum absolute atomic E-state index is 0.0374. The van der Waals surface area contributed by atoms with Crippen molar-refractivity contribution in [3.05, 3.63) is 59.4 Å². The molecule has 14 nitrogen and oxygen atoms in total. The van der Waals surface area contributed by atoms with E-state index in [4.69, 9.17) is 10.6 Å². The summed E-state index contributed by atoms with van der Waals surface area (Å²) in [7, 11) is -1.76. The molecule has 17 heteroatoms. The van der Waals surface area contributed by atoms with Crippen LogP contribution in [0.1, 0.15) is 19.5 Å². The first-order chi connectivity index (χ1) is 19.9. The summed E-state index contributed by atoms with van der Waals surface area (Å²) in [6.07, 6.45) is 3.57. The molecule has 0 bridgehead atoms. The maximum atomic E-state index is 13.3. The van der Waals surface area contributed by atoms with Gasteiger partial charge in [0, 0.05) is 23.3 Å². The fraction of sp³-hybridized carbons (Fsp3) is 0.320. The molecule has 1 saturated heterocycles. The number of allylic oxidation sites excluding steroid dienone is 1. The fourth-order valence-corrected chi connectivity index (χ4v) is 7.42. The average Bonchev–Trinajstić information content (AvgIpc) is 3.36. The molecule has 2 aliphatic heterocycles. The molecule has 3 unspecified atom stereocenters. The number of carbonyl (C=O) groups excluding carboxylic acids is 2. The number of nitrogens with one attached hydrogen (secondary N) is 1. The van der Waals surface area contributed by atoms with Gasteiger partial charge in [0.2, 0.25) is 10.6 Å². The van der Waals surface area contributed by atoms with Crippen molar-refractivity contribution in [2.75, 3.05) is 17.2 Å². The Bertz CT molecular complexity index is 1550. The zero-order valence-corrected chi connectivity index (χ0v) is 24.8. The van der Waals surface area contributed by atoms with Gasteiger partial charge in [0.05, 0.1) is 16.6 Å². The van der Waals surface area contributed by atoms with Crippen molar-refractivity contribution in [3.8, 4) is 0 Å². The second-order valence-electron chi connectivity index (χ2n) is 9.52. The number of carboxylic acid groups (broad SMARTS) is 2. The van der Waals surface area contributed by atoms with Crippen LogP contribution in [0, 0.1) is 0 Å². The lowest BCUT2D eigenvalue weighted by atomic mass is 10.0. The van der Waals surface area contributed by atoms with Crippen LogP contribution in [0.4, 0.5) is 5.13 Å². The molecule has 2 amide bonds. The molecule has 4 heterocycles. The highest BCUT2D eigenvalue weighted by atomic mass is 32.2. The van der Waals surface area contributed by atoms with Gasteiger partial charge < -0.3 is 26.1 Å². The molecule has 3 atom stereocenters. The first-order valence-electron chi connectivity index (χ1n) is 12.2. The van der Waals surface area contributed by atoms with Gasteiger partial charge >= 0.3 is 11.9 Å². The van der Waals surface area contributed by atoms with E-state index in [9.17, 15) is 33.6 Å². The number of hydrogen-bond donors (Lipinski definition) is 4. The predicted octanol–water partition coefficient (Wildman–Crippen LogP) is 0.329. The van der Waals surface area contributed by atoms with Crippen LogP contribution in [0.15, 0.2) is 63.9 Å². The van der Waals surface area contributed by atoms with Crippen molar-refractivity contribution in [2.45, 2.75) is 42.4 Å². The summed E-state index contributed by atoms with van der Waals surface area (Å²) in [4.78, 5) is 60.1. The molecule has 5 N–H and O–H groups in total. The van der Waals surface area contributed by atoms with E-state index < -0.39 is 57.3 Å². The number of oxime groups is 1. The summed E-state index contributed by atoms with van der Waals surface area (Å²) >= 11 is 2.32. The normalized spacial score (nSPS) is 20.4. The maximum absolute atomic E-state index is 13.3. The van der Waals surface area contributed by atoms with Crippen LogP contribution in [-0.4, -0.2) is 82.3 Å². The van der Waals surface area contributed by atoms with E-state index in [1.807, 2.05) is 29.0 Å². The molecule has 42 heavy (non-hydrogen) atoms. The summed E-state index contributed by atoms with van der Waals surface area (Å²) in [6.45, 7) is 6.70. The number of β-lactam (4-membered cyclic amide) rings is 1. The highest BCUT2D eigenvalue weighted by Gasteiger charge is 2.57. The summed E-state index contributed by atoms with van der Waals surface area (Å²) < 4.78 is 15.2. The first-order valence-corrected chi connectivity index (χ1v) is 15.5. The van der Waals surface area contributed by atoms with Gasteiger partial charge in [-0.05, 0) is 31.6 Å².